The fraction of sp³-hybridized carbons (Fsp3) is 0.0455. The molecule has 2 heterocycles. The van der Waals surface area contributed by atoms with Gasteiger partial charge in [0, 0.05) is 22.0 Å². The van der Waals surface area contributed by atoms with E-state index in [2.05, 4.69) is 64.8 Å². The van der Waals surface area contributed by atoms with E-state index in [9.17, 15) is 0 Å². The van der Waals surface area contributed by atoms with Crippen molar-refractivity contribution in [2.75, 3.05) is 0 Å². The van der Waals surface area contributed by atoms with Gasteiger partial charge in [-0.05, 0) is 42.3 Å². The molecule has 3 nitrogen and oxygen atoms in total. The summed E-state index contributed by atoms with van der Waals surface area (Å²) in [6, 6.07) is 25.1. The Morgan fingerprint density at radius 1 is 0.720 bits per heavy atom. The number of rotatable bonds is 2. The smallest absolute Gasteiger partial charge is 0.136 e. The SMILES string of the molecule is Cc1cc(-c2ccc(-c3ccc4c(c3)oc3ccccc34)cc2)n[nH]1. The normalized spacial score (nSPS) is 11.4. The Balaban J connectivity index is 1.57. The van der Waals surface area contributed by atoms with Gasteiger partial charge in [-0.25, -0.2) is 0 Å². The lowest BCUT2D eigenvalue weighted by Crippen LogP contribution is -1.81. The van der Waals surface area contributed by atoms with E-state index >= 15 is 0 Å². The summed E-state index contributed by atoms with van der Waals surface area (Å²) >= 11 is 0. The molecule has 0 bridgehead atoms. The quantitative estimate of drug-likeness (QED) is 0.436. The molecular weight excluding hydrogens is 308 g/mol. The zero-order chi connectivity index (χ0) is 16.8. The van der Waals surface area contributed by atoms with Crippen LogP contribution in [0.3, 0.4) is 0 Å². The first-order valence-corrected chi connectivity index (χ1v) is 8.32. The maximum absolute atomic E-state index is 6.00. The van der Waals surface area contributed by atoms with Crippen molar-refractivity contribution in [3.8, 4) is 22.4 Å². The van der Waals surface area contributed by atoms with Crippen LogP contribution in [0.25, 0.3) is 44.3 Å². The summed E-state index contributed by atoms with van der Waals surface area (Å²) in [7, 11) is 0. The number of hydrogen-bond acceptors (Lipinski definition) is 2. The molecule has 0 radical (unpaired) electrons. The van der Waals surface area contributed by atoms with Gasteiger partial charge in [0.05, 0.1) is 5.69 Å². The Morgan fingerprint density at radius 2 is 1.44 bits per heavy atom. The Hall–Kier alpha value is -3.33. The van der Waals surface area contributed by atoms with Crippen LogP contribution in [0.1, 0.15) is 5.69 Å². The fourth-order valence-electron chi connectivity index (χ4n) is 3.30. The van der Waals surface area contributed by atoms with E-state index in [1.807, 2.05) is 25.1 Å². The van der Waals surface area contributed by atoms with Crippen molar-refractivity contribution in [1.82, 2.24) is 10.2 Å². The fourth-order valence-corrected chi connectivity index (χ4v) is 3.30. The van der Waals surface area contributed by atoms with Crippen molar-refractivity contribution in [2.24, 2.45) is 0 Å². The number of hydrogen-bond donors (Lipinski definition) is 1. The lowest BCUT2D eigenvalue weighted by atomic mass is 10.0. The van der Waals surface area contributed by atoms with Crippen LogP contribution in [-0.2, 0) is 0 Å². The molecule has 0 atom stereocenters. The molecule has 0 spiro atoms. The van der Waals surface area contributed by atoms with Crippen LogP contribution in [0.2, 0.25) is 0 Å². The molecule has 0 fully saturated rings. The maximum atomic E-state index is 6.00. The van der Waals surface area contributed by atoms with Crippen molar-refractivity contribution in [1.29, 1.82) is 0 Å². The van der Waals surface area contributed by atoms with Crippen LogP contribution in [0.15, 0.2) is 77.2 Å². The predicted molar refractivity (Wildman–Crippen MR) is 101 cm³/mol. The molecule has 0 saturated carbocycles. The van der Waals surface area contributed by atoms with Gasteiger partial charge in [0.2, 0.25) is 0 Å². The van der Waals surface area contributed by atoms with Crippen LogP contribution in [-0.4, -0.2) is 10.2 Å². The summed E-state index contributed by atoms with van der Waals surface area (Å²) in [6.45, 7) is 2.01. The highest BCUT2D eigenvalue weighted by Crippen LogP contribution is 2.32. The highest BCUT2D eigenvalue weighted by atomic mass is 16.3. The average Bonchev–Trinajstić information content (AvgIpc) is 3.24. The molecule has 25 heavy (non-hydrogen) atoms. The number of benzene rings is 3. The summed E-state index contributed by atoms with van der Waals surface area (Å²) in [4.78, 5) is 0. The Kier molecular flexibility index (Phi) is 3.01. The van der Waals surface area contributed by atoms with Crippen LogP contribution >= 0.6 is 0 Å². The average molecular weight is 324 g/mol. The first-order valence-electron chi connectivity index (χ1n) is 8.32. The number of H-pyrrole nitrogens is 1. The zero-order valence-electron chi connectivity index (χ0n) is 13.8. The number of nitrogens with zero attached hydrogens (tertiary/aromatic N) is 1. The molecule has 0 amide bonds. The van der Waals surface area contributed by atoms with Crippen LogP contribution in [0, 0.1) is 6.92 Å². The highest BCUT2D eigenvalue weighted by Gasteiger charge is 2.08. The molecule has 120 valence electrons. The van der Waals surface area contributed by atoms with Crippen molar-refractivity contribution in [2.45, 2.75) is 6.92 Å². The third-order valence-electron chi connectivity index (χ3n) is 4.60. The second kappa shape index (κ2) is 5.35. The van der Waals surface area contributed by atoms with Gasteiger partial charge in [0.15, 0.2) is 0 Å². The predicted octanol–water partition coefficient (Wildman–Crippen LogP) is 5.95. The molecule has 1 N–H and O–H groups in total. The topological polar surface area (TPSA) is 41.8 Å². The zero-order valence-corrected chi connectivity index (χ0v) is 13.8. The standard InChI is InChI=1S/C22H16N2O/c1-14-12-20(24-23-14)16-8-6-15(7-9-16)17-10-11-19-18-4-2-3-5-21(18)25-22(19)13-17/h2-13H,1H3,(H,23,24). The highest BCUT2D eigenvalue weighted by molar-refractivity contribution is 6.05. The molecule has 2 aromatic heterocycles. The number of aromatic amines is 1. The third-order valence-corrected chi connectivity index (χ3v) is 4.60. The van der Waals surface area contributed by atoms with Gasteiger partial charge < -0.3 is 4.42 Å². The number of aromatic nitrogens is 2. The summed E-state index contributed by atoms with van der Waals surface area (Å²) in [5.41, 5.74) is 7.31. The van der Waals surface area contributed by atoms with Crippen LogP contribution in [0.5, 0.6) is 0 Å². The van der Waals surface area contributed by atoms with Gasteiger partial charge in [0.25, 0.3) is 0 Å². The van der Waals surface area contributed by atoms with E-state index in [-0.39, 0.29) is 0 Å². The van der Waals surface area contributed by atoms with E-state index < -0.39 is 0 Å². The monoisotopic (exact) mass is 324 g/mol. The second-order valence-corrected chi connectivity index (χ2v) is 6.32. The molecule has 3 heteroatoms. The number of nitrogens with one attached hydrogen (secondary N) is 1. The first kappa shape index (κ1) is 14.1. The molecule has 0 aliphatic carbocycles. The van der Waals surface area contributed by atoms with Gasteiger partial charge in [-0.2, -0.15) is 5.10 Å². The van der Waals surface area contributed by atoms with Crippen molar-refractivity contribution < 1.29 is 4.42 Å². The number of aryl methyl sites for hydroxylation is 1. The van der Waals surface area contributed by atoms with Gasteiger partial charge in [-0.15, -0.1) is 0 Å². The molecule has 0 aliphatic rings. The molecule has 3 aromatic carbocycles. The lowest BCUT2D eigenvalue weighted by Gasteiger charge is -2.03. The minimum absolute atomic E-state index is 0.922. The Bertz CT molecular complexity index is 1200. The number of furan rings is 1. The van der Waals surface area contributed by atoms with E-state index in [0.29, 0.717) is 0 Å². The molecule has 5 aromatic rings. The minimum atomic E-state index is 0.922. The van der Waals surface area contributed by atoms with Gasteiger partial charge in [-0.3, -0.25) is 5.10 Å². The molecule has 5 rings (SSSR count). The van der Waals surface area contributed by atoms with Crippen molar-refractivity contribution >= 4 is 21.9 Å². The summed E-state index contributed by atoms with van der Waals surface area (Å²) in [6.07, 6.45) is 0. The lowest BCUT2D eigenvalue weighted by molar-refractivity contribution is 0.669. The van der Waals surface area contributed by atoms with Gasteiger partial charge >= 0.3 is 0 Å². The number of fused-ring (bicyclic) bond motifs is 3. The van der Waals surface area contributed by atoms with Crippen LogP contribution < -0.4 is 0 Å². The van der Waals surface area contributed by atoms with E-state index in [0.717, 1.165) is 44.5 Å². The van der Waals surface area contributed by atoms with E-state index in [1.54, 1.807) is 0 Å². The molecular formula is C22H16N2O. The number of para-hydroxylation sites is 1. The van der Waals surface area contributed by atoms with Crippen LogP contribution in [0.4, 0.5) is 0 Å². The summed E-state index contributed by atoms with van der Waals surface area (Å²) in [5, 5.41) is 9.61. The second-order valence-electron chi connectivity index (χ2n) is 6.32. The van der Waals surface area contributed by atoms with E-state index in [1.165, 1.54) is 5.56 Å². The molecule has 0 saturated heterocycles. The minimum Gasteiger partial charge on any atom is -0.456 e. The van der Waals surface area contributed by atoms with Gasteiger partial charge in [0.1, 0.15) is 11.2 Å². The molecule has 0 aliphatic heterocycles. The third kappa shape index (κ3) is 2.32. The van der Waals surface area contributed by atoms with E-state index in [4.69, 9.17) is 4.42 Å². The summed E-state index contributed by atoms with van der Waals surface area (Å²) in [5.74, 6) is 0. The van der Waals surface area contributed by atoms with Crippen molar-refractivity contribution in [3.05, 3.63) is 78.5 Å². The Labute approximate surface area is 144 Å². The van der Waals surface area contributed by atoms with Gasteiger partial charge in [-0.1, -0.05) is 48.5 Å². The van der Waals surface area contributed by atoms with Crippen molar-refractivity contribution in [3.63, 3.8) is 0 Å². The first-order chi connectivity index (χ1) is 12.3. The largest absolute Gasteiger partial charge is 0.456 e. The molecule has 0 unspecified atom stereocenters. The maximum Gasteiger partial charge on any atom is 0.136 e. The summed E-state index contributed by atoms with van der Waals surface area (Å²) < 4.78 is 6.00. The Morgan fingerprint density at radius 3 is 2.24 bits per heavy atom.